The molecule has 0 aromatic carbocycles. The van der Waals surface area contributed by atoms with E-state index in [1.807, 2.05) is 62.3 Å². The first-order valence-electron chi connectivity index (χ1n) is 39.6. The number of alkyl carbamates (subject to hydrolysis) is 2. The zero-order valence-electron chi connectivity index (χ0n) is 66.8. The van der Waals surface area contributed by atoms with Crippen LogP contribution in [-0.2, 0) is 38.1 Å². The van der Waals surface area contributed by atoms with Gasteiger partial charge in [0.25, 0.3) is 0 Å². The average molecular weight is 1420 g/mol. The molecule has 584 valence electrons. The monoisotopic (exact) mass is 1420 g/mol. The van der Waals surface area contributed by atoms with Gasteiger partial charge in [0.1, 0.15) is 28.4 Å². The van der Waals surface area contributed by atoms with Crippen molar-refractivity contribution in [2.24, 2.45) is 0 Å². The highest BCUT2D eigenvalue weighted by Crippen LogP contribution is 2.17. The summed E-state index contributed by atoms with van der Waals surface area (Å²) >= 11 is 0. The van der Waals surface area contributed by atoms with E-state index in [4.69, 9.17) is 18.9 Å². The van der Waals surface area contributed by atoms with Gasteiger partial charge in [0.05, 0.1) is 0 Å². The van der Waals surface area contributed by atoms with Crippen LogP contribution in [0.1, 0.15) is 355 Å². The molecule has 6 N–H and O–H groups in total. The Kier molecular flexibility index (Phi) is 58.8. The summed E-state index contributed by atoms with van der Waals surface area (Å²) in [5, 5.41) is 17.3. The molecule has 0 aromatic heterocycles. The van der Waals surface area contributed by atoms with Crippen LogP contribution in [0.25, 0.3) is 0 Å². The van der Waals surface area contributed by atoms with E-state index in [9.17, 15) is 38.4 Å². The molecule has 0 aromatic rings. The van der Waals surface area contributed by atoms with Gasteiger partial charge in [0, 0.05) is 78.2 Å². The van der Waals surface area contributed by atoms with E-state index in [2.05, 4.69) is 77.0 Å². The molecule has 20 heteroatoms. The second-order valence-electron chi connectivity index (χ2n) is 31.2. The van der Waals surface area contributed by atoms with Crippen molar-refractivity contribution in [3.05, 3.63) is 24.3 Å². The molecule has 0 aliphatic rings. The second kappa shape index (κ2) is 61.0. The smallest absolute Gasteiger partial charge is 0.410 e. The topological polar surface area (TPSA) is 252 Å². The Hall–Kier alpha value is -5.56. The van der Waals surface area contributed by atoms with E-state index in [1.165, 1.54) is 122 Å². The number of nitrogens with one attached hydrogen (secondary N) is 6. The maximum Gasteiger partial charge on any atom is 0.410 e. The molecule has 0 aliphatic carbocycles. The largest absolute Gasteiger partial charge is 0.444 e. The minimum absolute atomic E-state index is 0.131. The van der Waals surface area contributed by atoms with Crippen LogP contribution in [0.4, 0.5) is 19.2 Å². The van der Waals surface area contributed by atoms with Crippen LogP contribution in [0.5, 0.6) is 0 Å². The Morgan fingerprint density at radius 2 is 0.670 bits per heavy atom. The lowest BCUT2D eigenvalue weighted by molar-refractivity contribution is -0.129. The predicted octanol–water partition coefficient (Wildman–Crippen LogP) is 18.7. The van der Waals surface area contributed by atoms with Gasteiger partial charge in [-0.3, -0.25) is 19.2 Å². The van der Waals surface area contributed by atoms with Crippen molar-refractivity contribution < 1.29 is 57.3 Å². The highest BCUT2D eigenvalue weighted by Gasteiger charge is 2.26. The summed E-state index contributed by atoms with van der Waals surface area (Å²) in [7, 11) is 0. The fraction of sp³-hybridized carbons (Fsp3) is 0.850. The van der Waals surface area contributed by atoms with Crippen LogP contribution < -0.4 is 31.9 Å². The summed E-state index contributed by atoms with van der Waals surface area (Å²) in [6.07, 6.45) is 46.9. The van der Waals surface area contributed by atoms with Crippen LogP contribution in [0.2, 0.25) is 0 Å². The minimum Gasteiger partial charge on any atom is -0.444 e. The van der Waals surface area contributed by atoms with Gasteiger partial charge in [-0.2, -0.15) is 0 Å². The first kappa shape index (κ1) is 96.5. The average Bonchev–Trinajstić information content (AvgIpc) is 0.913. The van der Waals surface area contributed by atoms with Crippen molar-refractivity contribution in [3.8, 4) is 0 Å². The lowest BCUT2D eigenvalue weighted by Crippen LogP contribution is -2.47. The summed E-state index contributed by atoms with van der Waals surface area (Å²) in [5.41, 5.74) is -2.44. The van der Waals surface area contributed by atoms with Gasteiger partial charge in [0.2, 0.25) is 23.6 Å². The van der Waals surface area contributed by atoms with Crippen molar-refractivity contribution in [2.45, 2.75) is 389 Å². The van der Waals surface area contributed by atoms with Gasteiger partial charge < -0.3 is 60.6 Å². The fourth-order valence-corrected chi connectivity index (χ4v) is 10.7. The Bertz CT molecular complexity index is 2180. The van der Waals surface area contributed by atoms with Crippen molar-refractivity contribution in [2.75, 3.05) is 52.4 Å². The standard InChI is InChI=1S/C51H96N6O9.C29H56N2O3/c1-12-13-14-15-16-17-18-19-20-21-22-23-24-25-26-34-44(59)55-43(33-27-28-35-54-46(61)64-49(3,4)5)45(60)53-37-32-41-57(48(63)66-51(9,10)11)39-30-29-38-56(40-31-36-52-42(2)58)47(62)65-50(6,7)8;1-6-7-8-9-10-11-12-13-14-15-16-17-18-19-20-24-27(32)31-26(2)23-21-22-25-30-28(33)34-29(3,4)5/h19-20,43H,12-18,21-41H2,1-11H3,(H,52,58)(H,53,60)(H,54,61)(H,55,59);13-14,26H,6-12,15-25H2,1-5H3,(H,30,33)(H,31,32)/b20-19-;14-13-. The van der Waals surface area contributed by atoms with Gasteiger partial charge in [-0.1, -0.05) is 141 Å². The third-order valence-electron chi connectivity index (χ3n) is 16.0. The molecule has 0 bridgehead atoms. The molecule has 0 fully saturated rings. The first-order chi connectivity index (χ1) is 47.3. The molecule has 20 nitrogen and oxygen atoms in total. The maximum absolute atomic E-state index is 13.5. The number of hydrogen-bond donors (Lipinski definition) is 6. The van der Waals surface area contributed by atoms with E-state index in [0.29, 0.717) is 104 Å². The van der Waals surface area contributed by atoms with Crippen LogP contribution in [0, 0.1) is 0 Å². The minimum atomic E-state index is -0.740. The predicted molar refractivity (Wildman–Crippen MR) is 410 cm³/mol. The molecule has 0 radical (unpaired) electrons. The number of hydrogen-bond acceptors (Lipinski definition) is 12. The van der Waals surface area contributed by atoms with Gasteiger partial charge in [-0.05, 0) is 218 Å². The highest BCUT2D eigenvalue weighted by atomic mass is 16.6. The zero-order valence-corrected chi connectivity index (χ0v) is 66.8. The molecule has 0 heterocycles. The van der Waals surface area contributed by atoms with Crippen LogP contribution in [0.3, 0.4) is 0 Å². The summed E-state index contributed by atoms with van der Waals surface area (Å²) < 4.78 is 21.9. The molecular formula is C80H152N8O12. The normalized spacial score (nSPS) is 12.4. The van der Waals surface area contributed by atoms with Gasteiger partial charge in [0.15, 0.2) is 0 Å². The third kappa shape index (κ3) is 69.5. The molecular weight excluding hydrogens is 1260 g/mol. The van der Waals surface area contributed by atoms with Gasteiger partial charge in [-0.15, -0.1) is 0 Å². The summed E-state index contributed by atoms with van der Waals surface area (Å²) in [5.74, 6) is -0.420. The van der Waals surface area contributed by atoms with Gasteiger partial charge in [-0.25, -0.2) is 19.2 Å². The maximum atomic E-state index is 13.5. The molecule has 2 unspecified atom stereocenters. The quantitative estimate of drug-likeness (QED) is 0.0189. The van der Waals surface area contributed by atoms with E-state index < -0.39 is 46.7 Å². The number of carbonyl (C=O) groups is 8. The molecule has 0 spiro atoms. The number of carbonyl (C=O) groups excluding carboxylic acids is 8. The molecule has 0 rings (SSSR count). The van der Waals surface area contributed by atoms with E-state index >= 15 is 0 Å². The summed E-state index contributed by atoms with van der Waals surface area (Å²) in [4.78, 5) is 103. The lowest BCUT2D eigenvalue weighted by atomic mass is 10.1. The Balaban J connectivity index is 0. The second-order valence-corrected chi connectivity index (χ2v) is 31.2. The molecule has 8 amide bonds. The summed E-state index contributed by atoms with van der Waals surface area (Å²) in [6.45, 7) is 33.1. The first-order valence-corrected chi connectivity index (χ1v) is 39.6. The van der Waals surface area contributed by atoms with Crippen LogP contribution >= 0.6 is 0 Å². The van der Waals surface area contributed by atoms with Crippen LogP contribution in [-0.4, -0.2) is 145 Å². The highest BCUT2D eigenvalue weighted by molar-refractivity contribution is 5.87. The van der Waals surface area contributed by atoms with E-state index in [0.717, 1.165) is 70.6 Å². The Morgan fingerprint density at radius 1 is 0.350 bits per heavy atom. The van der Waals surface area contributed by atoms with Crippen molar-refractivity contribution in [3.63, 3.8) is 0 Å². The number of allylic oxidation sites excluding steroid dienone is 4. The zero-order chi connectivity index (χ0) is 75.4. The molecule has 100 heavy (non-hydrogen) atoms. The molecule has 0 saturated heterocycles. The van der Waals surface area contributed by atoms with E-state index in [1.54, 1.807) is 30.6 Å². The Morgan fingerprint density at radius 3 is 1.04 bits per heavy atom. The fourth-order valence-electron chi connectivity index (χ4n) is 10.7. The summed E-state index contributed by atoms with van der Waals surface area (Å²) in [6, 6.07) is -0.563. The van der Waals surface area contributed by atoms with Crippen molar-refractivity contribution >= 4 is 48.0 Å². The third-order valence-corrected chi connectivity index (χ3v) is 16.0. The van der Waals surface area contributed by atoms with Crippen LogP contribution in [0.15, 0.2) is 24.3 Å². The Labute approximate surface area is 610 Å². The molecule has 0 aliphatic heterocycles. The van der Waals surface area contributed by atoms with Crippen molar-refractivity contribution in [1.29, 1.82) is 0 Å². The van der Waals surface area contributed by atoms with Gasteiger partial charge >= 0.3 is 24.4 Å². The number of amides is 8. The number of ether oxygens (including phenoxy) is 4. The van der Waals surface area contributed by atoms with E-state index in [-0.39, 0.29) is 42.3 Å². The lowest BCUT2D eigenvalue weighted by Gasteiger charge is -2.29. The number of rotatable bonds is 56. The van der Waals surface area contributed by atoms with Crippen molar-refractivity contribution in [1.82, 2.24) is 41.7 Å². The number of unbranched alkanes of at least 4 members (excludes halogenated alkanes) is 25. The number of nitrogens with zero attached hydrogens (tertiary/aromatic N) is 2. The SMILES string of the molecule is CCCCCCCC/C=C\CCCCCCCC(=O)NC(C)CCCCNC(=O)OC(C)(C)C.CCCCCCCC/C=C\CCCCCCCC(=O)NC(CCCCNC(=O)OC(C)(C)C)C(=O)NCCCN(CCCCN(CCCNC(C)=O)C(=O)OC(C)(C)C)C(=O)OC(C)(C)C. The molecule has 2 atom stereocenters. The molecule has 0 saturated carbocycles.